The van der Waals surface area contributed by atoms with Crippen molar-refractivity contribution in [3.05, 3.63) is 64.6 Å². The van der Waals surface area contributed by atoms with Gasteiger partial charge in [-0.05, 0) is 30.3 Å². The van der Waals surface area contributed by atoms with Crippen LogP contribution >= 0.6 is 0 Å². The molecule has 4 nitrogen and oxygen atoms in total. The van der Waals surface area contributed by atoms with Crippen molar-refractivity contribution in [2.24, 2.45) is 0 Å². The van der Waals surface area contributed by atoms with Gasteiger partial charge in [0.05, 0.1) is 13.7 Å². The monoisotopic (exact) mass is 243 g/mol. The van der Waals surface area contributed by atoms with E-state index in [0.717, 1.165) is 0 Å². The van der Waals surface area contributed by atoms with Gasteiger partial charge in [0, 0.05) is 17.8 Å². The molecule has 0 aliphatic carbocycles. The zero-order chi connectivity index (χ0) is 13.0. The van der Waals surface area contributed by atoms with E-state index in [-0.39, 0.29) is 17.9 Å². The van der Waals surface area contributed by atoms with Crippen LogP contribution in [0.2, 0.25) is 0 Å². The van der Waals surface area contributed by atoms with Crippen LogP contribution in [-0.2, 0) is 6.54 Å². The molecule has 0 bridgehead atoms. The van der Waals surface area contributed by atoms with Crippen LogP contribution in [-0.4, -0.2) is 17.5 Å². The van der Waals surface area contributed by atoms with Crippen molar-refractivity contribution in [2.45, 2.75) is 6.54 Å². The molecule has 0 atom stereocenters. The first-order chi connectivity index (χ1) is 8.70. The Morgan fingerprint density at radius 3 is 2.50 bits per heavy atom. The van der Waals surface area contributed by atoms with Gasteiger partial charge >= 0.3 is 0 Å². The fraction of sp³-hybridized carbons (Fsp3) is 0.143. The van der Waals surface area contributed by atoms with E-state index in [4.69, 9.17) is 4.74 Å². The molecule has 0 fully saturated rings. The summed E-state index contributed by atoms with van der Waals surface area (Å²) < 4.78 is 6.40. The Labute approximate surface area is 104 Å². The molecule has 0 spiro atoms. The highest BCUT2D eigenvalue weighted by molar-refractivity contribution is 5.95. The number of Topliss-reactive ketones (excluding diaryl/α,β-unsaturated/α-hetero) is 1. The summed E-state index contributed by atoms with van der Waals surface area (Å²) in [5, 5.41) is 0. The highest BCUT2D eigenvalue weighted by atomic mass is 16.5. The predicted molar refractivity (Wildman–Crippen MR) is 68.0 cm³/mol. The molecule has 0 saturated heterocycles. The van der Waals surface area contributed by atoms with Crippen LogP contribution in [0, 0.1) is 0 Å². The van der Waals surface area contributed by atoms with E-state index in [1.54, 1.807) is 49.7 Å². The van der Waals surface area contributed by atoms with Crippen molar-refractivity contribution in [3.8, 4) is 5.75 Å². The van der Waals surface area contributed by atoms with Crippen LogP contribution in [0.15, 0.2) is 53.5 Å². The van der Waals surface area contributed by atoms with Crippen LogP contribution in [0.4, 0.5) is 0 Å². The number of nitrogens with zero attached hydrogens (tertiary/aromatic N) is 1. The lowest BCUT2D eigenvalue weighted by Gasteiger charge is -2.05. The second-order valence-electron chi connectivity index (χ2n) is 3.82. The largest absolute Gasteiger partial charge is 0.497 e. The van der Waals surface area contributed by atoms with Gasteiger partial charge in [-0.3, -0.25) is 9.59 Å². The standard InChI is InChI=1S/C14H13NO3/c1-18-12-7-5-11(6-8-12)13(16)10-15-9-3-2-4-14(15)17/h2-9H,10H2,1H3. The van der Waals surface area contributed by atoms with Crippen LogP contribution in [0.5, 0.6) is 5.75 Å². The summed E-state index contributed by atoms with van der Waals surface area (Å²) in [6.45, 7) is 0.0476. The third-order valence-electron chi connectivity index (χ3n) is 2.62. The molecule has 92 valence electrons. The predicted octanol–water partition coefficient (Wildman–Crippen LogP) is 1.74. The summed E-state index contributed by atoms with van der Waals surface area (Å²) in [5.41, 5.74) is 0.380. The summed E-state index contributed by atoms with van der Waals surface area (Å²) in [4.78, 5) is 23.4. The molecular formula is C14H13NO3. The fourth-order valence-electron chi connectivity index (χ4n) is 1.61. The Hall–Kier alpha value is -2.36. The van der Waals surface area contributed by atoms with E-state index in [2.05, 4.69) is 0 Å². The van der Waals surface area contributed by atoms with Crippen molar-refractivity contribution < 1.29 is 9.53 Å². The zero-order valence-electron chi connectivity index (χ0n) is 10.00. The summed E-state index contributed by atoms with van der Waals surface area (Å²) in [5.74, 6) is 0.592. The molecule has 2 aromatic rings. The lowest BCUT2D eigenvalue weighted by atomic mass is 10.1. The molecule has 0 saturated carbocycles. The summed E-state index contributed by atoms with van der Waals surface area (Å²) in [7, 11) is 1.57. The first-order valence-corrected chi connectivity index (χ1v) is 5.53. The van der Waals surface area contributed by atoms with Gasteiger partial charge in [-0.25, -0.2) is 0 Å². The van der Waals surface area contributed by atoms with E-state index < -0.39 is 0 Å². The zero-order valence-corrected chi connectivity index (χ0v) is 10.00. The summed E-state index contributed by atoms with van der Waals surface area (Å²) in [6, 6.07) is 11.6. The van der Waals surface area contributed by atoms with E-state index >= 15 is 0 Å². The maximum atomic E-state index is 12.0. The molecule has 1 aromatic carbocycles. The molecule has 0 aliphatic rings. The average molecular weight is 243 g/mol. The number of aromatic nitrogens is 1. The minimum absolute atomic E-state index is 0.0476. The lowest BCUT2D eigenvalue weighted by Crippen LogP contribution is -2.22. The molecule has 0 N–H and O–H groups in total. The highest BCUT2D eigenvalue weighted by Crippen LogP contribution is 2.12. The minimum Gasteiger partial charge on any atom is -0.497 e. The number of ketones is 1. The SMILES string of the molecule is COc1ccc(C(=O)Cn2ccccc2=O)cc1. The maximum absolute atomic E-state index is 12.0. The molecule has 2 rings (SSSR count). The number of hydrogen-bond donors (Lipinski definition) is 0. The third-order valence-corrected chi connectivity index (χ3v) is 2.62. The van der Waals surface area contributed by atoms with Crippen molar-refractivity contribution >= 4 is 5.78 Å². The lowest BCUT2D eigenvalue weighted by molar-refractivity contribution is 0.0971. The number of hydrogen-bond acceptors (Lipinski definition) is 3. The van der Waals surface area contributed by atoms with Gasteiger partial charge < -0.3 is 9.30 Å². The number of rotatable bonds is 4. The van der Waals surface area contributed by atoms with E-state index in [1.807, 2.05) is 0 Å². The Kier molecular flexibility index (Phi) is 3.57. The highest BCUT2D eigenvalue weighted by Gasteiger charge is 2.07. The van der Waals surface area contributed by atoms with Crippen molar-refractivity contribution in [3.63, 3.8) is 0 Å². The van der Waals surface area contributed by atoms with Gasteiger partial charge in [-0.15, -0.1) is 0 Å². The molecular weight excluding hydrogens is 230 g/mol. The fourth-order valence-corrected chi connectivity index (χ4v) is 1.61. The molecule has 18 heavy (non-hydrogen) atoms. The minimum atomic E-state index is -0.181. The topological polar surface area (TPSA) is 48.3 Å². The van der Waals surface area contributed by atoms with E-state index in [9.17, 15) is 9.59 Å². The molecule has 1 aromatic heterocycles. The Morgan fingerprint density at radius 2 is 1.89 bits per heavy atom. The van der Waals surface area contributed by atoms with Crippen molar-refractivity contribution in [1.82, 2.24) is 4.57 Å². The number of ether oxygens (including phenoxy) is 1. The Bertz CT molecular complexity index is 599. The van der Waals surface area contributed by atoms with E-state index in [1.165, 1.54) is 10.6 Å². The summed E-state index contributed by atoms with van der Waals surface area (Å²) in [6.07, 6.45) is 1.60. The molecule has 1 heterocycles. The number of carbonyl (C=O) groups excluding carboxylic acids is 1. The third kappa shape index (κ3) is 2.66. The van der Waals surface area contributed by atoms with Crippen LogP contribution in [0.3, 0.4) is 0 Å². The first kappa shape index (κ1) is 12.1. The number of carbonyl (C=O) groups is 1. The first-order valence-electron chi connectivity index (χ1n) is 5.53. The molecule has 0 aliphatic heterocycles. The van der Waals surface area contributed by atoms with Crippen molar-refractivity contribution in [1.29, 1.82) is 0 Å². The Morgan fingerprint density at radius 1 is 1.17 bits per heavy atom. The van der Waals surface area contributed by atoms with E-state index in [0.29, 0.717) is 11.3 Å². The average Bonchev–Trinajstić information content (AvgIpc) is 2.41. The second-order valence-corrected chi connectivity index (χ2v) is 3.82. The van der Waals surface area contributed by atoms with Gasteiger partial charge in [0.1, 0.15) is 5.75 Å². The van der Waals surface area contributed by atoms with Crippen LogP contribution in [0.25, 0.3) is 0 Å². The van der Waals surface area contributed by atoms with Crippen LogP contribution in [0.1, 0.15) is 10.4 Å². The molecule has 0 unspecified atom stereocenters. The number of pyridine rings is 1. The van der Waals surface area contributed by atoms with Crippen LogP contribution < -0.4 is 10.3 Å². The quantitative estimate of drug-likeness (QED) is 0.768. The normalized spacial score (nSPS) is 10.1. The van der Waals surface area contributed by atoms with Gasteiger partial charge in [0.2, 0.25) is 0 Å². The molecule has 0 amide bonds. The number of benzene rings is 1. The van der Waals surface area contributed by atoms with Gasteiger partial charge in [0.25, 0.3) is 5.56 Å². The summed E-state index contributed by atoms with van der Waals surface area (Å²) >= 11 is 0. The van der Waals surface area contributed by atoms with Gasteiger partial charge in [-0.1, -0.05) is 6.07 Å². The van der Waals surface area contributed by atoms with Gasteiger partial charge in [-0.2, -0.15) is 0 Å². The van der Waals surface area contributed by atoms with Gasteiger partial charge in [0.15, 0.2) is 5.78 Å². The molecule has 4 heteroatoms. The van der Waals surface area contributed by atoms with Crippen molar-refractivity contribution in [2.75, 3.05) is 7.11 Å². The maximum Gasteiger partial charge on any atom is 0.250 e. The molecule has 0 radical (unpaired) electrons. The smallest absolute Gasteiger partial charge is 0.250 e. The Balaban J connectivity index is 2.17. The number of methoxy groups -OCH3 is 1. The second kappa shape index (κ2) is 5.31.